The number of hydrogen-bond acceptors (Lipinski definition) is 1. The molecule has 1 aliphatic heterocycles. The molecule has 1 aliphatic carbocycles. The zero-order chi connectivity index (χ0) is 8.39. The third-order valence-corrected chi connectivity index (χ3v) is 2.98. The smallest absolute Gasteiger partial charge is 0.223 e. The molecule has 0 unspecified atom stereocenters. The lowest BCUT2D eigenvalue weighted by Crippen LogP contribution is -2.37. The highest BCUT2D eigenvalue weighted by molar-refractivity contribution is 5.80. The summed E-state index contributed by atoms with van der Waals surface area (Å²) in [4.78, 5) is 13.4. The first-order valence-electron chi connectivity index (χ1n) is 4.99. The molecular weight excluding hydrogens is 150 g/mol. The van der Waals surface area contributed by atoms with E-state index in [-0.39, 0.29) is 0 Å². The van der Waals surface area contributed by atoms with Gasteiger partial charge in [-0.05, 0) is 19.3 Å². The molecule has 0 spiro atoms. The molecular formula is C10H16NO. The molecule has 1 radical (unpaired) electrons. The molecule has 0 atom stereocenters. The number of carbonyl (C=O) groups excluding carboxylic acids is 1. The van der Waals surface area contributed by atoms with Gasteiger partial charge in [0, 0.05) is 19.0 Å². The van der Waals surface area contributed by atoms with Crippen LogP contribution in [0.5, 0.6) is 0 Å². The highest BCUT2D eigenvalue weighted by Gasteiger charge is 2.28. The summed E-state index contributed by atoms with van der Waals surface area (Å²) in [7, 11) is 0. The largest absolute Gasteiger partial charge is 0.339 e. The first kappa shape index (κ1) is 8.09. The average molecular weight is 166 g/mol. The van der Waals surface area contributed by atoms with Gasteiger partial charge in [0.15, 0.2) is 0 Å². The molecule has 0 N–H and O–H groups in total. The van der Waals surface area contributed by atoms with Crippen LogP contribution < -0.4 is 0 Å². The molecule has 0 aromatic heterocycles. The molecule has 2 rings (SSSR count). The number of hydrogen-bond donors (Lipinski definition) is 0. The number of likely N-dealkylation sites (tertiary alicyclic amines) is 1. The fourth-order valence-corrected chi connectivity index (χ4v) is 2.29. The fraction of sp³-hybridized carbons (Fsp3) is 0.800. The highest BCUT2D eigenvalue weighted by atomic mass is 16.2. The molecule has 2 aliphatic rings. The van der Waals surface area contributed by atoms with Crippen molar-refractivity contribution in [3.05, 3.63) is 6.42 Å². The molecule has 1 amide bonds. The van der Waals surface area contributed by atoms with E-state index in [1.54, 1.807) is 0 Å². The van der Waals surface area contributed by atoms with E-state index in [1.165, 1.54) is 32.1 Å². The molecule has 1 saturated heterocycles. The van der Waals surface area contributed by atoms with Crippen molar-refractivity contribution in [1.82, 2.24) is 4.90 Å². The summed E-state index contributed by atoms with van der Waals surface area (Å²) in [6.07, 6.45) is 9.23. The molecule has 2 fully saturated rings. The van der Waals surface area contributed by atoms with Crippen LogP contribution in [0.2, 0.25) is 0 Å². The first-order valence-corrected chi connectivity index (χ1v) is 4.99. The molecule has 1 saturated carbocycles. The second-order valence-corrected chi connectivity index (χ2v) is 3.83. The Morgan fingerprint density at radius 2 is 2.00 bits per heavy atom. The van der Waals surface area contributed by atoms with Crippen molar-refractivity contribution in [3.63, 3.8) is 0 Å². The van der Waals surface area contributed by atoms with Crippen LogP contribution in [0.4, 0.5) is 0 Å². The van der Waals surface area contributed by atoms with E-state index in [9.17, 15) is 4.79 Å². The topological polar surface area (TPSA) is 20.3 Å². The highest BCUT2D eigenvalue weighted by Crippen LogP contribution is 2.25. The Bertz CT molecular complexity index is 173. The van der Waals surface area contributed by atoms with E-state index in [2.05, 4.69) is 11.3 Å². The fourth-order valence-electron chi connectivity index (χ4n) is 2.29. The third-order valence-electron chi connectivity index (χ3n) is 2.98. The summed E-state index contributed by atoms with van der Waals surface area (Å²) in [5.41, 5.74) is 0. The van der Waals surface area contributed by atoms with E-state index in [1.807, 2.05) is 0 Å². The van der Waals surface area contributed by atoms with Gasteiger partial charge >= 0.3 is 0 Å². The lowest BCUT2D eigenvalue weighted by Gasteiger charge is -2.30. The first-order chi connectivity index (χ1) is 5.88. The quantitative estimate of drug-likeness (QED) is 0.581. The Balaban J connectivity index is 1.93. The molecule has 1 heterocycles. The van der Waals surface area contributed by atoms with E-state index < -0.39 is 0 Å². The third kappa shape index (κ3) is 1.47. The van der Waals surface area contributed by atoms with Crippen LogP contribution in [-0.4, -0.2) is 23.4 Å². The Morgan fingerprint density at radius 3 is 2.58 bits per heavy atom. The molecule has 12 heavy (non-hydrogen) atoms. The number of carbonyl (C=O) groups is 1. The zero-order valence-electron chi connectivity index (χ0n) is 7.46. The van der Waals surface area contributed by atoms with E-state index >= 15 is 0 Å². The van der Waals surface area contributed by atoms with Crippen LogP contribution in [0.25, 0.3) is 0 Å². The van der Waals surface area contributed by atoms with Crippen LogP contribution >= 0.6 is 0 Å². The summed E-state index contributed by atoms with van der Waals surface area (Å²) in [5, 5.41) is 0. The Hall–Kier alpha value is -0.530. The summed E-state index contributed by atoms with van der Waals surface area (Å²) in [6, 6.07) is 0.574. The van der Waals surface area contributed by atoms with Crippen molar-refractivity contribution in [2.24, 2.45) is 0 Å². The summed E-state index contributed by atoms with van der Waals surface area (Å²) in [5.74, 6) is 0.349. The maximum absolute atomic E-state index is 11.4. The molecule has 67 valence electrons. The molecule has 0 aromatic rings. The zero-order valence-corrected chi connectivity index (χ0v) is 7.46. The predicted octanol–water partition coefficient (Wildman–Crippen LogP) is 1.76. The van der Waals surface area contributed by atoms with Gasteiger partial charge in [-0.15, -0.1) is 0 Å². The minimum atomic E-state index is 0.349. The molecule has 2 heteroatoms. The number of rotatable bonds is 1. The van der Waals surface area contributed by atoms with Crippen molar-refractivity contribution in [2.45, 2.75) is 44.6 Å². The number of nitrogens with zero attached hydrogens (tertiary/aromatic N) is 1. The maximum Gasteiger partial charge on any atom is 0.223 e. The SMILES string of the molecule is O=C1C[CH]CN1C1CCCCC1. The molecule has 0 aromatic carbocycles. The van der Waals surface area contributed by atoms with Gasteiger partial charge in [0.2, 0.25) is 5.91 Å². The van der Waals surface area contributed by atoms with Crippen molar-refractivity contribution in [1.29, 1.82) is 0 Å². The monoisotopic (exact) mass is 166 g/mol. The van der Waals surface area contributed by atoms with E-state index in [0.29, 0.717) is 18.4 Å². The maximum atomic E-state index is 11.4. The van der Waals surface area contributed by atoms with Crippen molar-refractivity contribution >= 4 is 5.91 Å². The van der Waals surface area contributed by atoms with Gasteiger partial charge in [-0.2, -0.15) is 0 Å². The van der Waals surface area contributed by atoms with Crippen LogP contribution in [0.1, 0.15) is 38.5 Å². The van der Waals surface area contributed by atoms with Crippen molar-refractivity contribution in [3.8, 4) is 0 Å². The van der Waals surface area contributed by atoms with Gasteiger partial charge < -0.3 is 4.90 Å². The summed E-state index contributed by atoms with van der Waals surface area (Å²) in [6.45, 7) is 0.906. The van der Waals surface area contributed by atoms with Gasteiger partial charge in [0.05, 0.1) is 0 Å². The Kier molecular flexibility index (Phi) is 2.33. The minimum absolute atomic E-state index is 0.349. The summed E-state index contributed by atoms with van der Waals surface area (Å²) < 4.78 is 0. The van der Waals surface area contributed by atoms with Gasteiger partial charge in [0.1, 0.15) is 0 Å². The standard InChI is InChI=1S/C10H16NO/c12-10-7-4-8-11(10)9-5-2-1-3-6-9/h4,9H,1-3,5-8H2. The van der Waals surface area contributed by atoms with Crippen LogP contribution in [0, 0.1) is 6.42 Å². The van der Waals surface area contributed by atoms with Gasteiger partial charge in [-0.25, -0.2) is 0 Å². The van der Waals surface area contributed by atoms with E-state index in [4.69, 9.17) is 0 Å². The average Bonchev–Trinajstić information content (AvgIpc) is 2.53. The number of amides is 1. The Morgan fingerprint density at radius 1 is 1.25 bits per heavy atom. The van der Waals surface area contributed by atoms with Crippen molar-refractivity contribution < 1.29 is 4.79 Å². The second-order valence-electron chi connectivity index (χ2n) is 3.83. The normalized spacial score (nSPS) is 26.7. The van der Waals surface area contributed by atoms with Crippen molar-refractivity contribution in [2.75, 3.05) is 6.54 Å². The lowest BCUT2D eigenvalue weighted by atomic mass is 9.94. The predicted molar refractivity (Wildman–Crippen MR) is 47.5 cm³/mol. The van der Waals surface area contributed by atoms with Crippen LogP contribution in [0.3, 0.4) is 0 Å². The molecule has 2 nitrogen and oxygen atoms in total. The van der Waals surface area contributed by atoms with Gasteiger partial charge in [0.25, 0.3) is 0 Å². The Labute approximate surface area is 73.9 Å². The van der Waals surface area contributed by atoms with Crippen LogP contribution in [0.15, 0.2) is 0 Å². The summed E-state index contributed by atoms with van der Waals surface area (Å²) >= 11 is 0. The second kappa shape index (κ2) is 3.46. The van der Waals surface area contributed by atoms with Gasteiger partial charge in [-0.1, -0.05) is 19.3 Å². The lowest BCUT2D eigenvalue weighted by molar-refractivity contribution is -0.130. The minimum Gasteiger partial charge on any atom is -0.339 e. The van der Waals surface area contributed by atoms with Gasteiger partial charge in [-0.3, -0.25) is 4.79 Å². The van der Waals surface area contributed by atoms with E-state index in [0.717, 1.165) is 6.54 Å². The van der Waals surface area contributed by atoms with Crippen LogP contribution in [-0.2, 0) is 4.79 Å². The molecule has 0 bridgehead atoms.